The fourth-order valence-corrected chi connectivity index (χ4v) is 4.19. The largest absolute Gasteiger partial charge is 0.497 e. The highest BCUT2D eigenvalue weighted by Crippen LogP contribution is 2.29. The fourth-order valence-electron chi connectivity index (χ4n) is 3.78. The summed E-state index contributed by atoms with van der Waals surface area (Å²) in [5.41, 5.74) is 2.10. The van der Waals surface area contributed by atoms with Crippen LogP contribution in [-0.4, -0.2) is 46.5 Å². The Morgan fingerprint density at radius 2 is 1.76 bits per heavy atom. The Morgan fingerprint density at radius 3 is 2.41 bits per heavy atom. The molecule has 1 saturated heterocycles. The summed E-state index contributed by atoms with van der Waals surface area (Å²) in [4.78, 5) is 33.5. The molecule has 3 aromatic rings. The van der Waals surface area contributed by atoms with Crippen LogP contribution in [-0.2, 0) is 16.0 Å². The van der Waals surface area contributed by atoms with Crippen molar-refractivity contribution in [1.82, 2.24) is 9.88 Å². The van der Waals surface area contributed by atoms with E-state index in [0.29, 0.717) is 35.2 Å². The van der Waals surface area contributed by atoms with Crippen molar-refractivity contribution in [2.24, 2.45) is 0 Å². The lowest BCUT2D eigenvalue weighted by atomic mass is 10.1. The second-order valence-corrected chi connectivity index (χ2v) is 8.09. The number of rotatable bonds is 8. The van der Waals surface area contributed by atoms with Crippen molar-refractivity contribution >= 4 is 40.5 Å². The highest BCUT2D eigenvalue weighted by atomic mass is 32.1. The molecule has 1 aliphatic rings. The molecule has 0 unspecified atom stereocenters. The summed E-state index contributed by atoms with van der Waals surface area (Å²) >= 11 is 5.69. The standard InChI is InChI=1S/C25H23FN4O3S/c1-33-21-8-6-20(7-9-21)30-24(32)22(16-23(31)28-19-4-2-18(26)3-5-19)29(25(30)34)15-12-17-10-13-27-14-11-17/h2-11,13-14,22H,12,15-16H2,1H3,(H,28,31)/t22-/m0/s1. The van der Waals surface area contributed by atoms with Gasteiger partial charge in [-0.05, 0) is 84.9 Å². The van der Waals surface area contributed by atoms with Gasteiger partial charge in [-0.3, -0.25) is 19.5 Å². The van der Waals surface area contributed by atoms with Crippen LogP contribution in [0.15, 0.2) is 73.1 Å². The highest BCUT2D eigenvalue weighted by molar-refractivity contribution is 7.80. The molecule has 9 heteroatoms. The van der Waals surface area contributed by atoms with E-state index in [0.717, 1.165) is 5.56 Å². The predicted molar refractivity (Wildman–Crippen MR) is 131 cm³/mol. The van der Waals surface area contributed by atoms with Crippen LogP contribution >= 0.6 is 12.2 Å². The van der Waals surface area contributed by atoms with Crippen molar-refractivity contribution in [1.29, 1.82) is 0 Å². The monoisotopic (exact) mass is 478 g/mol. The number of ether oxygens (including phenoxy) is 1. The first kappa shape index (κ1) is 23.3. The number of pyridine rings is 1. The number of aromatic nitrogens is 1. The van der Waals surface area contributed by atoms with Gasteiger partial charge in [-0.15, -0.1) is 0 Å². The number of anilines is 2. The number of amides is 2. The molecule has 7 nitrogen and oxygen atoms in total. The Labute approximate surface area is 202 Å². The molecule has 0 spiro atoms. The van der Waals surface area contributed by atoms with Crippen molar-refractivity contribution < 1.29 is 18.7 Å². The van der Waals surface area contributed by atoms with E-state index in [1.165, 1.54) is 29.2 Å². The average molecular weight is 479 g/mol. The second kappa shape index (κ2) is 10.4. The van der Waals surface area contributed by atoms with Gasteiger partial charge < -0.3 is 15.0 Å². The minimum Gasteiger partial charge on any atom is -0.497 e. The lowest BCUT2D eigenvalue weighted by Crippen LogP contribution is -2.39. The molecular formula is C25H23FN4O3S. The average Bonchev–Trinajstić information content (AvgIpc) is 3.08. The zero-order valence-corrected chi connectivity index (χ0v) is 19.3. The van der Waals surface area contributed by atoms with Crippen molar-refractivity contribution in [3.63, 3.8) is 0 Å². The summed E-state index contributed by atoms with van der Waals surface area (Å²) in [7, 11) is 1.57. The van der Waals surface area contributed by atoms with Gasteiger partial charge in [0.05, 0.1) is 19.2 Å². The Balaban J connectivity index is 1.55. The van der Waals surface area contributed by atoms with E-state index in [1.807, 2.05) is 12.1 Å². The van der Waals surface area contributed by atoms with Crippen molar-refractivity contribution in [2.45, 2.75) is 18.9 Å². The van der Waals surface area contributed by atoms with Crippen LogP contribution in [0.2, 0.25) is 0 Å². The molecule has 1 aromatic heterocycles. The minimum absolute atomic E-state index is 0.0979. The number of thiocarbonyl (C=S) groups is 1. The zero-order valence-electron chi connectivity index (χ0n) is 18.5. The molecule has 2 amide bonds. The number of carbonyl (C=O) groups is 2. The molecule has 0 radical (unpaired) electrons. The van der Waals surface area contributed by atoms with Crippen molar-refractivity contribution in [2.75, 3.05) is 23.9 Å². The van der Waals surface area contributed by atoms with E-state index >= 15 is 0 Å². The topological polar surface area (TPSA) is 74.8 Å². The SMILES string of the molecule is COc1ccc(N2C(=O)[C@H](CC(=O)Nc3ccc(F)cc3)N(CCc3ccncc3)C2=S)cc1. The van der Waals surface area contributed by atoms with Gasteiger partial charge in [0, 0.05) is 24.6 Å². The number of methoxy groups -OCH3 is 1. The number of benzene rings is 2. The molecule has 1 fully saturated rings. The number of halogens is 1. The zero-order chi connectivity index (χ0) is 24.1. The summed E-state index contributed by atoms with van der Waals surface area (Å²) < 4.78 is 18.4. The van der Waals surface area contributed by atoms with Gasteiger partial charge in [0.2, 0.25) is 5.91 Å². The van der Waals surface area contributed by atoms with Gasteiger partial charge in [-0.1, -0.05) is 0 Å². The maximum Gasteiger partial charge on any atom is 0.256 e. The van der Waals surface area contributed by atoms with Gasteiger partial charge in [0.25, 0.3) is 5.91 Å². The van der Waals surface area contributed by atoms with E-state index < -0.39 is 11.9 Å². The molecule has 1 N–H and O–H groups in total. The Morgan fingerprint density at radius 1 is 1.09 bits per heavy atom. The number of nitrogens with zero attached hydrogens (tertiary/aromatic N) is 3. The molecule has 2 aromatic carbocycles. The first-order valence-electron chi connectivity index (χ1n) is 10.7. The summed E-state index contributed by atoms with van der Waals surface area (Å²) in [5, 5.41) is 3.06. The number of nitrogens with one attached hydrogen (secondary N) is 1. The molecule has 2 heterocycles. The molecule has 1 atom stereocenters. The second-order valence-electron chi connectivity index (χ2n) is 7.73. The third-order valence-corrected chi connectivity index (χ3v) is 5.96. The lowest BCUT2D eigenvalue weighted by molar-refractivity contribution is -0.124. The third-order valence-electron chi connectivity index (χ3n) is 5.55. The quantitative estimate of drug-likeness (QED) is 0.497. The van der Waals surface area contributed by atoms with Crippen molar-refractivity contribution in [3.8, 4) is 5.75 Å². The van der Waals surface area contributed by atoms with Gasteiger partial charge >= 0.3 is 0 Å². The lowest BCUT2D eigenvalue weighted by Gasteiger charge is -2.24. The maximum atomic E-state index is 13.5. The van der Waals surface area contributed by atoms with E-state index in [-0.39, 0.29) is 18.2 Å². The van der Waals surface area contributed by atoms with Gasteiger partial charge in [-0.25, -0.2) is 4.39 Å². The van der Waals surface area contributed by atoms with Crippen LogP contribution in [0, 0.1) is 5.82 Å². The van der Waals surface area contributed by atoms with Crippen LogP contribution in [0.4, 0.5) is 15.8 Å². The summed E-state index contributed by atoms with van der Waals surface area (Å²) in [6.45, 7) is 0.454. The van der Waals surface area contributed by atoms with Crippen molar-refractivity contribution in [3.05, 3.63) is 84.4 Å². The van der Waals surface area contributed by atoms with Crippen LogP contribution in [0.1, 0.15) is 12.0 Å². The van der Waals surface area contributed by atoms with Gasteiger partial charge in [0.15, 0.2) is 5.11 Å². The molecular weight excluding hydrogens is 455 g/mol. The van der Waals surface area contributed by atoms with E-state index in [9.17, 15) is 14.0 Å². The van der Waals surface area contributed by atoms with Gasteiger partial charge in [0.1, 0.15) is 17.6 Å². The first-order valence-corrected chi connectivity index (χ1v) is 11.1. The van der Waals surface area contributed by atoms with Crippen LogP contribution in [0.25, 0.3) is 0 Å². The van der Waals surface area contributed by atoms with Gasteiger partial charge in [-0.2, -0.15) is 0 Å². The smallest absolute Gasteiger partial charge is 0.256 e. The summed E-state index contributed by atoms with van der Waals surface area (Å²) in [6.07, 6.45) is 3.95. The normalized spacial score (nSPS) is 15.5. The number of hydrogen-bond acceptors (Lipinski definition) is 5. The van der Waals surface area contributed by atoms with Crippen LogP contribution in [0.5, 0.6) is 5.75 Å². The summed E-state index contributed by atoms with van der Waals surface area (Å²) in [5.74, 6) is -0.379. The molecule has 0 aliphatic carbocycles. The molecule has 174 valence electrons. The molecule has 1 aliphatic heterocycles. The maximum absolute atomic E-state index is 13.5. The molecule has 4 rings (SSSR count). The predicted octanol–water partition coefficient (Wildman–Crippen LogP) is 3.80. The Bertz CT molecular complexity index is 1170. The van der Waals surface area contributed by atoms with E-state index in [4.69, 9.17) is 17.0 Å². The highest BCUT2D eigenvalue weighted by Gasteiger charge is 2.43. The number of carbonyl (C=O) groups excluding carboxylic acids is 2. The first-order chi connectivity index (χ1) is 16.5. The number of hydrogen-bond donors (Lipinski definition) is 1. The molecule has 0 bridgehead atoms. The van der Waals surface area contributed by atoms with E-state index in [2.05, 4.69) is 10.3 Å². The Kier molecular flexibility index (Phi) is 7.12. The molecule has 34 heavy (non-hydrogen) atoms. The van der Waals surface area contributed by atoms with E-state index in [1.54, 1.807) is 48.7 Å². The summed E-state index contributed by atoms with van der Waals surface area (Å²) in [6, 6.07) is 15.5. The molecule has 0 saturated carbocycles. The fraction of sp³-hybridized carbons (Fsp3) is 0.200. The minimum atomic E-state index is -0.767. The van der Waals surface area contributed by atoms with Crippen LogP contribution < -0.4 is 15.0 Å². The van der Waals surface area contributed by atoms with Crippen LogP contribution in [0.3, 0.4) is 0 Å². The third kappa shape index (κ3) is 5.20. The Hall–Kier alpha value is -3.85.